The van der Waals surface area contributed by atoms with Gasteiger partial charge in [-0.2, -0.15) is 0 Å². The van der Waals surface area contributed by atoms with Crippen LogP contribution in [0.1, 0.15) is 23.1 Å². The molecule has 2 aromatic carbocycles. The van der Waals surface area contributed by atoms with Gasteiger partial charge in [-0.15, -0.1) is 0 Å². The van der Waals surface area contributed by atoms with Crippen LogP contribution in [0.25, 0.3) is 10.9 Å². The molecule has 0 fully saturated rings. The van der Waals surface area contributed by atoms with Gasteiger partial charge in [-0.3, -0.25) is 4.79 Å². The van der Waals surface area contributed by atoms with E-state index in [2.05, 4.69) is 16.4 Å². The van der Waals surface area contributed by atoms with Gasteiger partial charge < -0.3 is 29.4 Å². The highest BCUT2D eigenvalue weighted by Crippen LogP contribution is 2.33. The summed E-state index contributed by atoms with van der Waals surface area (Å²) in [6, 6.07) is 13.8. The molecule has 0 bridgehead atoms. The number of nitrogens with one attached hydrogen (secondary N) is 2. The molecule has 0 unspecified atom stereocenters. The molecule has 7 nitrogen and oxygen atoms in total. The molecular weight excluding hydrogens is 426 g/mol. The summed E-state index contributed by atoms with van der Waals surface area (Å²) in [5.74, 6) is 1.46. The first kappa shape index (κ1) is 22.1. The number of nitrogens with zero attached hydrogens (tertiary/aromatic N) is 1. The molecular formula is C24H27N3O4S. The van der Waals surface area contributed by atoms with Crippen molar-refractivity contribution < 1.29 is 14.2 Å². The topological polar surface area (TPSA) is 75.8 Å². The lowest BCUT2D eigenvalue weighted by atomic mass is 10.1. The Bertz CT molecular complexity index is 1180. The largest absolute Gasteiger partial charge is 0.454 e. The number of ether oxygens (including phenoxy) is 3. The van der Waals surface area contributed by atoms with E-state index in [1.807, 2.05) is 48.2 Å². The van der Waals surface area contributed by atoms with Gasteiger partial charge in [-0.1, -0.05) is 17.7 Å². The van der Waals surface area contributed by atoms with Crippen molar-refractivity contribution in [3.8, 4) is 11.5 Å². The summed E-state index contributed by atoms with van der Waals surface area (Å²) in [5, 5.41) is 4.87. The van der Waals surface area contributed by atoms with Gasteiger partial charge in [-0.25, -0.2) is 0 Å². The van der Waals surface area contributed by atoms with E-state index in [0.717, 1.165) is 39.9 Å². The summed E-state index contributed by atoms with van der Waals surface area (Å²) in [6.07, 6.45) is 0.838. The van der Waals surface area contributed by atoms with Gasteiger partial charge in [0.15, 0.2) is 16.6 Å². The fraction of sp³-hybridized carbons (Fsp3) is 0.333. The standard InChI is InChI=1S/C24H27N3O4S/c1-16-4-6-20-18(10-16)12-19(23(28)26-20)14-27(24(32)25-8-3-9-29-2)13-17-5-7-21-22(11-17)31-15-30-21/h4-7,10-12H,3,8-9,13-15H2,1-2H3,(H,25,32)(H,26,28). The van der Waals surface area contributed by atoms with Crippen molar-refractivity contribution in [1.82, 2.24) is 15.2 Å². The SMILES string of the molecule is COCCCNC(=S)N(Cc1ccc2c(c1)OCO2)Cc1cc2cc(C)ccc2[nH]c1=O. The normalized spacial score (nSPS) is 12.2. The molecule has 0 aliphatic carbocycles. The Morgan fingerprint density at radius 1 is 1.16 bits per heavy atom. The molecule has 0 saturated heterocycles. The highest BCUT2D eigenvalue weighted by atomic mass is 32.1. The third-order valence-corrected chi connectivity index (χ3v) is 5.74. The second kappa shape index (κ2) is 10.0. The Labute approximate surface area is 192 Å². The summed E-state index contributed by atoms with van der Waals surface area (Å²) < 4.78 is 16.0. The third-order valence-electron chi connectivity index (χ3n) is 5.34. The van der Waals surface area contributed by atoms with E-state index in [4.69, 9.17) is 26.4 Å². The smallest absolute Gasteiger partial charge is 0.253 e. The molecule has 0 amide bonds. The third kappa shape index (κ3) is 5.20. The van der Waals surface area contributed by atoms with Gasteiger partial charge in [0.2, 0.25) is 6.79 Å². The number of aromatic nitrogens is 1. The molecule has 1 aliphatic rings. The molecule has 0 spiro atoms. The Balaban J connectivity index is 1.58. The number of benzene rings is 2. The quantitative estimate of drug-likeness (QED) is 0.400. The second-order valence-electron chi connectivity index (χ2n) is 7.84. The van der Waals surface area contributed by atoms with E-state index in [1.54, 1.807) is 7.11 Å². The van der Waals surface area contributed by atoms with Gasteiger partial charge in [0.1, 0.15) is 0 Å². The van der Waals surface area contributed by atoms with E-state index in [-0.39, 0.29) is 12.4 Å². The molecule has 4 rings (SSSR count). The number of pyridine rings is 1. The van der Waals surface area contributed by atoms with Crippen molar-refractivity contribution in [3.05, 3.63) is 69.5 Å². The van der Waals surface area contributed by atoms with E-state index in [9.17, 15) is 4.79 Å². The lowest BCUT2D eigenvalue weighted by Crippen LogP contribution is -2.40. The molecule has 0 atom stereocenters. The summed E-state index contributed by atoms with van der Waals surface area (Å²) in [7, 11) is 1.68. The first-order chi connectivity index (χ1) is 15.5. The Kier molecular flexibility index (Phi) is 6.92. The van der Waals surface area contributed by atoms with Gasteiger partial charge in [0.05, 0.1) is 6.54 Å². The Morgan fingerprint density at radius 2 is 2.00 bits per heavy atom. The van der Waals surface area contributed by atoms with Gasteiger partial charge in [0, 0.05) is 37.9 Å². The fourth-order valence-electron chi connectivity index (χ4n) is 3.68. The minimum absolute atomic E-state index is 0.112. The van der Waals surface area contributed by atoms with E-state index in [0.29, 0.717) is 36.9 Å². The van der Waals surface area contributed by atoms with Gasteiger partial charge >= 0.3 is 0 Å². The lowest BCUT2D eigenvalue weighted by molar-refractivity contribution is 0.174. The summed E-state index contributed by atoms with van der Waals surface area (Å²) in [6.45, 7) is 4.52. The van der Waals surface area contributed by atoms with Crippen LogP contribution < -0.4 is 20.3 Å². The number of methoxy groups -OCH3 is 1. The summed E-state index contributed by atoms with van der Waals surface area (Å²) in [4.78, 5) is 17.8. The van der Waals surface area contributed by atoms with Crippen molar-refractivity contribution in [3.63, 3.8) is 0 Å². The summed E-state index contributed by atoms with van der Waals surface area (Å²) >= 11 is 5.69. The first-order valence-corrected chi connectivity index (χ1v) is 11.0. The maximum absolute atomic E-state index is 12.8. The Hall–Kier alpha value is -3.10. The zero-order valence-corrected chi connectivity index (χ0v) is 19.1. The van der Waals surface area contributed by atoms with Crippen molar-refractivity contribution >= 4 is 28.2 Å². The van der Waals surface area contributed by atoms with Gasteiger partial charge in [0.25, 0.3) is 5.56 Å². The zero-order chi connectivity index (χ0) is 22.5. The molecule has 0 saturated carbocycles. The average molecular weight is 454 g/mol. The minimum Gasteiger partial charge on any atom is -0.454 e. The monoisotopic (exact) mass is 453 g/mol. The van der Waals surface area contributed by atoms with Crippen LogP contribution in [-0.4, -0.2) is 42.1 Å². The van der Waals surface area contributed by atoms with Gasteiger partial charge in [-0.05, 0) is 66.8 Å². The summed E-state index contributed by atoms with van der Waals surface area (Å²) in [5.41, 5.74) is 3.53. The predicted molar refractivity (Wildman–Crippen MR) is 128 cm³/mol. The van der Waals surface area contributed by atoms with E-state index >= 15 is 0 Å². The van der Waals surface area contributed by atoms with Crippen molar-refractivity contribution in [2.24, 2.45) is 0 Å². The van der Waals surface area contributed by atoms with Crippen LogP contribution in [-0.2, 0) is 17.8 Å². The van der Waals surface area contributed by atoms with E-state index < -0.39 is 0 Å². The maximum atomic E-state index is 12.8. The van der Waals surface area contributed by atoms with Crippen LogP contribution in [0.2, 0.25) is 0 Å². The number of H-pyrrole nitrogens is 1. The van der Waals surface area contributed by atoms with Crippen LogP contribution in [0.15, 0.2) is 47.3 Å². The molecule has 3 aromatic rings. The van der Waals surface area contributed by atoms with Crippen molar-refractivity contribution in [2.45, 2.75) is 26.4 Å². The molecule has 2 N–H and O–H groups in total. The number of hydrogen-bond acceptors (Lipinski definition) is 5. The highest BCUT2D eigenvalue weighted by molar-refractivity contribution is 7.80. The maximum Gasteiger partial charge on any atom is 0.253 e. The molecule has 1 aliphatic heterocycles. The molecule has 168 valence electrons. The average Bonchev–Trinajstić information content (AvgIpc) is 3.25. The zero-order valence-electron chi connectivity index (χ0n) is 18.3. The molecule has 0 radical (unpaired) electrons. The second-order valence-corrected chi connectivity index (χ2v) is 8.22. The number of thiocarbonyl (C=S) groups is 1. The predicted octanol–water partition coefficient (Wildman–Crippen LogP) is 3.48. The molecule has 32 heavy (non-hydrogen) atoms. The molecule has 2 heterocycles. The number of rotatable bonds is 8. The Morgan fingerprint density at radius 3 is 2.84 bits per heavy atom. The van der Waals surface area contributed by atoms with Crippen LogP contribution in [0, 0.1) is 6.92 Å². The number of fused-ring (bicyclic) bond motifs is 2. The number of aryl methyl sites for hydroxylation is 1. The van der Waals surface area contributed by atoms with Crippen molar-refractivity contribution in [1.29, 1.82) is 0 Å². The molecule has 1 aromatic heterocycles. The van der Waals surface area contributed by atoms with E-state index in [1.165, 1.54) is 0 Å². The molecule has 8 heteroatoms. The number of aromatic amines is 1. The highest BCUT2D eigenvalue weighted by Gasteiger charge is 2.17. The fourth-order valence-corrected chi connectivity index (χ4v) is 3.91. The van der Waals surface area contributed by atoms with Crippen molar-refractivity contribution in [2.75, 3.05) is 27.1 Å². The number of hydrogen-bond donors (Lipinski definition) is 2. The van der Waals surface area contributed by atoms with Crippen LogP contribution in [0.5, 0.6) is 11.5 Å². The first-order valence-electron chi connectivity index (χ1n) is 10.6. The van der Waals surface area contributed by atoms with Crippen LogP contribution in [0.4, 0.5) is 0 Å². The van der Waals surface area contributed by atoms with Crippen LogP contribution in [0.3, 0.4) is 0 Å². The minimum atomic E-state index is -0.112. The lowest BCUT2D eigenvalue weighted by Gasteiger charge is -2.26. The van der Waals surface area contributed by atoms with Crippen LogP contribution >= 0.6 is 12.2 Å².